The van der Waals surface area contributed by atoms with Crippen molar-refractivity contribution in [3.8, 4) is 17.2 Å². The van der Waals surface area contributed by atoms with E-state index in [1.807, 2.05) is 12.1 Å². The summed E-state index contributed by atoms with van der Waals surface area (Å²) in [6, 6.07) is 13.7. The number of halogens is 1. The molecule has 46 heavy (non-hydrogen) atoms. The predicted molar refractivity (Wildman–Crippen MR) is 172 cm³/mol. The molecule has 0 bridgehead atoms. The molecule has 0 radical (unpaired) electrons. The summed E-state index contributed by atoms with van der Waals surface area (Å²) in [6.45, 7) is 3.85. The van der Waals surface area contributed by atoms with Crippen LogP contribution < -0.4 is 40.7 Å². The summed E-state index contributed by atoms with van der Waals surface area (Å²) in [4.78, 5) is 48.3. The van der Waals surface area contributed by atoms with Gasteiger partial charge in [-0.15, -0.1) is 0 Å². The average Bonchev–Trinajstić information content (AvgIpc) is 3.05. The number of piperazine rings is 1. The van der Waals surface area contributed by atoms with E-state index in [9.17, 15) is 18.8 Å². The van der Waals surface area contributed by atoms with Crippen molar-refractivity contribution >= 4 is 34.2 Å². The topological polar surface area (TPSA) is 144 Å². The fourth-order valence-electron chi connectivity index (χ4n) is 5.27. The number of anilines is 2. The van der Waals surface area contributed by atoms with Crippen LogP contribution in [0.15, 0.2) is 65.5 Å². The van der Waals surface area contributed by atoms with Crippen molar-refractivity contribution in [2.24, 2.45) is 5.73 Å². The number of methoxy groups -OCH3 is 2. The molecule has 14 heteroatoms. The smallest absolute Gasteiger partial charge is 0.327 e. The van der Waals surface area contributed by atoms with E-state index in [0.717, 1.165) is 0 Å². The zero-order valence-electron chi connectivity index (χ0n) is 26.0. The van der Waals surface area contributed by atoms with E-state index < -0.39 is 23.8 Å². The summed E-state index contributed by atoms with van der Waals surface area (Å²) in [5.41, 5.74) is 5.97. The lowest BCUT2D eigenvalue weighted by Crippen LogP contribution is -2.55. The van der Waals surface area contributed by atoms with Crippen LogP contribution in [-0.2, 0) is 4.79 Å². The Morgan fingerprint density at radius 2 is 1.70 bits per heavy atom. The van der Waals surface area contributed by atoms with Crippen LogP contribution in [0.3, 0.4) is 0 Å². The van der Waals surface area contributed by atoms with Gasteiger partial charge < -0.3 is 35.2 Å². The maximum atomic E-state index is 14.3. The normalized spacial score (nSPS) is 14.1. The fourth-order valence-corrected chi connectivity index (χ4v) is 5.27. The zero-order chi connectivity index (χ0) is 33.0. The maximum absolute atomic E-state index is 14.3. The highest BCUT2D eigenvalue weighted by atomic mass is 19.1. The second kappa shape index (κ2) is 13.7. The van der Waals surface area contributed by atoms with E-state index in [4.69, 9.17) is 24.9 Å². The highest BCUT2D eigenvalue weighted by molar-refractivity contribution is 6.03. The Labute approximate surface area is 264 Å². The Hall–Kier alpha value is -5.37. The first-order chi connectivity index (χ1) is 22.1. The van der Waals surface area contributed by atoms with E-state index in [0.29, 0.717) is 66.1 Å². The lowest BCUT2D eigenvalue weighted by atomic mass is 10.1. The van der Waals surface area contributed by atoms with E-state index in [2.05, 4.69) is 10.2 Å². The SMILES string of the molecule is COc1ccc(N(C(=O)Nc2ccc(F)cc2)C(C)c2nc3ccc(OCC(N)=O)cc3c(=O)n2N2CCN(C)CC2)c(OC)c1. The monoisotopic (exact) mass is 633 g/mol. The first-order valence-corrected chi connectivity index (χ1v) is 14.6. The molecule has 0 saturated carbocycles. The van der Waals surface area contributed by atoms with E-state index >= 15 is 0 Å². The van der Waals surface area contributed by atoms with Crippen molar-refractivity contribution in [1.82, 2.24) is 14.6 Å². The number of urea groups is 1. The summed E-state index contributed by atoms with van der Waals surface area (Å²) < 4.78 is 31.7. The summed E-state index contributed by atoms with van der Waals surface area (Å²) in [7, 11) is 5.00. The molecule has 0 spiro atoms. The third kappa shape index (κ3) is 6.81. The number of carbonyl (C=O) groups excluding carboxylic acids is 2. The van der Waals surface area contributed by atoms with Gasteiger partial charge in [0.05, 0.1) is 36.9 Å². The number of fused-ring (bicyclic) bond motifs is 1. The van der Waals surface area contributed by atoms with Gasteiger partial charge in [-0.2, -0.15) is 0 Å². The highest BCUT2D eigenvalue weighted by Gasteiger charge is 2.32. The van der Waals surface area contributed by atoms with Crippen LogP contribution in [0.5, 0.6) is 17.2 Å². The molecule has 3 aromatic carbocycles. The van der Waals surface area contributed by atoms with Gasteiger partial charge in [0, 0.05) is 37.9 Å². The molecule has 242 valence electrons. The number of nitrogens with zero attached hydrogens (tertiary/aromatic N) is 5. The van der Waals surface area contributed by atoms with Gasteiger partial charge in [0.15, 0.2) is 12.4 Å². The van der Waals surface area contributed by atoms with Crippen molar-refractivity contribution in [3.63, 3.8) is 0 Å². The van der Waals surface area contributed by atoms with Crippen LogP contribution in [0, 0.1) is 5.82 Å². The first kappa shape index (κ1) is 32.0. The van der Waals surface area contributed by atoms with Gasteiger partial charge in [-0.25, -0.2) is 18.8 Å². The third-order valence-electron chi connectivity index (χ3n) is 7.71. The second-order valence-corrected chi connectivity index (χ2v) is 10.8. The number of primary amides is 1. The molecule has 1 fully saturated rings. The minimum Gasteiger partial charge on any atom is -0.497 e. The van der Waals surface area contributed by atoms with Crippen LogP contribution in [0.25, 0.3) is 10.9 Å². The number of benzene rings is 3. The maximum Gasteiger partial charge on any atom is 0.327 e. The van der Waals surface area contributed by atoms with Crippen LogP contribution >= 0.6 is 0 Å². The number of rotatable bonds is 10. The van der Waals surface area contributed by atoms with Gasteiger partial charge in [-0.1, -0.05) is 0 Å². The van der Waals surface area contributed by atoms with Gasteiger partial charge in [0.25, 0.3) is 11.5 Å². The van der Waals surface area contributed by atoms with Gasteiger partial charge in [0.1, 0.15) is 23.1 Å². The summed E-state index contributed by atoms with van der Waals surface area (Å²) >= 11 is 0. The molecule has 1 atom stereocenters. The number of ether oxygens (including phenoxy) is 3. The predicted octanol–water partition coefficient (Wildman–Crippen LogP) is 3.10. The zero-order valence-corrected chi connectivity index (χ0v) is 26.0. The minimum absolute atomic E-state index is 0.265. The lowest BCUT2D eigenvalue weighted by Gasteiger charge is -2.38. The molecule has 1 unspecified atom stereocenters. The first-order valence-electron chi connectivity index (χ1n) is 14.6. The van der Waals surface area contributed by atoms with Crippen molar-refractivity contribution in [2.45, 2.75) is 13.0 Å². The average molecular weight is 634 g/mol. The summed E-state index contributed by atoms with van der Waals surface area (Å²) in [5, 5.41) is 5.00. The molecule has 1 aromatic heterocycles. The molecular weight excluding hydrogens is 597 g/mol. The lowest BCUT2D eigenvalue weighted by molar-refractivity contribution is -0.119. The molecule has 5 rings (SSSR count). The van der Waals surface area contributed by atoms with E-state index in [-0.39, 0.29) is 17.6 Å². The number of amides is 3. The van der Waals surface area contributed by atoms with Gasteiger partial charge in [-0.05, 0) is 68.6 Å². The molecule has 13 nitrogen and oxygen atoms in total. The Balaban J connectivity index is 1.67. The quantitative estimate of drug-likeness (QED) is 0.269. The standard InChI is InChI=1S/C32H36FN7O6/c1-20(39(27-12-10-23(44-3)18-28(27)45-4)32(43)35-22-7-5-21(33)6-8-22)30-36-26-11-9-24(46-19-29(34)41)17-25(26)31(42)40(30)38-15-13-37(2)14-16-38/h5-12,17-18,20H,13-16,19H2,1-4H3,(H2,34,41)(H,35,43). The second-order valence-electron chi connectivity index (χ2n) is 10.8. The number of nitrogens with one attached hydrogen (secondary N) is 1. The highest BCUT2D eigenvalue weighted by Crippen LogP contribution is 2.37. The number of aromatic nitrogens is 2. The van der Waals surface area contributed by atoms with Crippen LogP contribution in [0.4, 0.5) is 20.6 Å². The minimum atomic E-state index is -0.842. The van der Waals surface area contributed by atoms with Gasteiger partial charge in [0.2, 0.25) is 0 Å². The Kier molecular flexibility index (Phi) is 9.56. The van der Waals surface area contributed by atoms with Gasteiger partial charge in [-0.3, -0.25) is 14.5 Å². The molecule has 1 aliphatic rings. The summed E-state index contributed by atoms with van der Waals surface area (Å²) in [6.07, 6.45) is 0. The van der Waals surface area contributed by atoms with Crippen molar-refractivity contribution in [3.05, 3.63) is 82.7 Å². The Morgan fingerprint density at radius 1 is 1.00 bits per heavy atom. The number of nitrogens with two attached hydrogens (primary N) is 1. The molecule has 0 aliphatic carbocycles. The van der Waals surface area contributed by atoms with Crippen LogP contribution in [-0.4, -0.2) is 80.6 Å². The molecular formula is C32H36FN7O6. The summed E-state index contributed by atoms with van der Waals surface area (Å²) in [5.74, 6) is 0.342. The molecule has 1 aliphatic heterocycles. The Morgan fingerprint density at radius 3 is 2.35 bits per heavy atom. The molecule has 1 saturated heterocycles. The Bertz CT molecular complexity index is 1790. The molecule has 2 heterocycles. The fraction of sp³-hybridized carbons (Fsp3) is 0.312. The molecule has 3 N–H and O–H groups in total. The number of likely N-dealkylation sites (N-methyl/N-ethyl adjacent to an activating group) is 1. The van der Waals surface area contributed by atoms with Crippen LogP contribution in [0.1, 0.15) is 18.8 Å². The number of hydrogen-bond acceptors (Lipinski definition) is 9. The van der Waals surface area contributed by atoms with Crippen molar-refractivity contribution < 1.29 is 28.2 Å². The number of carbonyl (C=O) groups is 2. The van der Waals surface area contributed by atoms with E-state index in [1.165, 1.54) is 54.1 Å². The van der Waals surface area contributed by atoms with E-state index in [1.54, 1.807) is 37.3 Å². The largest absolute Gasteiger partial charge is 0.497 e. The molecule has 4 aromatic rings. The number of hydrogen-bond donors (Lipinski definition) is 2. The van der Waals surface area contributed by atoms with Crippen LogP contribution in [0.2, 0.25) is 0 Å². The molecule has 3 amide bonds. The third-order valence-corrected chi connectivity index (χ3v) is 7.71. The van der Waals surface area contributed by atoms with Crippen molar-refractivity contribution in [1.29, 1.82) is 0 Å². The van der Waals surface area contributed by atoms with Crippen molar-refractivity contribution in [2.75, 3.05) is 69.3 Å². The van der Waals surface area contributed by atoms with Gasteiger partial charge >= 0.3 is 6.03 Å².